The van der Waals surface area contributed by atoms with Crippen LogP contribution in [0.3, 0.4) is 0 Å². The molecule has 0 spiro atoms. The number of guanidine groups is 1. The molecule has 0 saturated carbocycles. The number of unbranched alkanes of at least 4 members (excludes halogenated alkanes) is 2. The lowest BCUT2D eigenvalue weighted by Gasteiger charge is -2.30. The monoisotopic (exact) mass is 1720 g/mol. The van der Waals surface area contributed by atoms with Crippen molar-refractivity contribution in [1.29, 1.82) is 0 Å². The number of carbonyl (C=O) groups excluding carboxylic acids is 16. The molecule has 42 heteroatoms. The van der Waals surface area contributed by atoms with Crippen LogP contribution in [0.15, 0.2) is 65.7 Å². The van der Waals surface area contributed by atoms with Crippen LogP contribution in [0.5, 0.6) is 0 Å². The standard InChI is InChI=1S/C79H130N22O19S/c1-12-43(6)63(77(118)90-44(7)64(105)96-57(40-59(83)104)72(113)97-55(38-48-24-15-13-16-25-48)71(112)92-50(28-19-21-34-80)68(109)91-51(30-23-36-87-79(85)86)69(110)95-54(78(119)120)29-20-22-35-81)101-73(114)56(39-49-26-17-14-18-27-49)98-76(117)62(42(4)5)100-65(106)45(8)88-67(108)53(33-37-121-11)93-70(111)52(31-32-58(82)103)94-75(116)61(41(2)3)99-66(107)46(9)89-74(115)60(84)47(10)102/h13-18,24-27,41-47,50-57,60-63,102H,12,19-23,28-40,80-81,84H2,1-11H3,(H2,82,103)(H2,83,104)(H,88,108)(H,89,115)(H,90,118)(H,91,109)(H,92,112)(H,93,111)(H,94,116)(H,95,110)(H,96,105)(H,97,113)(H,98,117)(H,99,107)(H,100,106)(H,101,114)(H,119,120)(H4,85,86,87)/t43-,44-,45-,46-,47+,50-,51-,52-,53-,54-,55-,56-,57-,60-,61-,62-,63-/m0/s1. The Hall–Kier alpha value is -11.1. The maximum absolute atomic E-state index is 14.8. The number of aliphatic carboxylic acids is 1. The number of aliphatic imine (C=N–C) groups is 1. The highest BCUT2D eigenvalue weighted by Crippen LogP contribution is 2.16. The minimum atomic E-state index is -1.82. The van der Waals surface area contributed by atoms with Crippen LogP contribution in [-0.2, 0) is 94.3 Å². The summed E-state index contributed by atoms with van der Waals surface area (Å²) < 4.78 is 0. The molecule has 0 aliphatic heterocycles. The van der Waals surface area contributed by atoms with Crippen LogP contribution < -0.4 is 115 Å². The van der Waals surface area contributed by atoms with Gasteiger partial charge >= 0.3 is 5.97 Å². The number of nitrogens with zero attached hydrogens (tertiary/aromatic N) is 1. The second kappa shape index (κ2) is 55.7. The molecule has 2 rings (SSSR count). The van der Waals surface area contributed by atoms with E-state index in [0.717, 1.165) is 0 Å². The maximum Gasteiger partial charge on any atom is 0.326 e. The Morgan fingerprint density at radius 1 is 0.388 bits per heavy atom. The average Bonchev–Trinajstić information content (AvgIpc) is 0.843. The molecule has 30 N–H and O–H groups in total. The lowest BCUT2D eigenvalue weighted by Crippen LogP contribution is -2.62. The smallest absolute Gasteiger partial charge is 0.326 e. The molecule has 41 nitrogen and oxygen atoms in total. The first-order valence-corrected chi connectivity index (χ1v) is 41.9. The summed E-state index contributed by atoms with van der Waals surface area (Å²) in [6.45, 7) is 15.3. The van der Waals surface area contributed by atoms with Crippen molar-refractivity contribution < 1.29 is 91.7 Å². The summed E-state index contributed by atoms with van der Waals surface area (Å²) in [7, 11) is 0. The molecule has 0 saturated heterocycles. The number of carboxylic acid groups (broad SMARTS) is 1. The Labute approximate surface area is 709 Å². The fourth-order valence-electron chi connectivity index (χ4n) is 12.0. The molecule has 0 fully saturated rings. The zero-order valence-corrected chi connectivity index (χ0v) is 71.7. The third kappa shape index (κ3) is 39.8. The summed E-state index contributed by atoms with van der Waals surface area (Å²) >= 11 is 1.30. The van der Waals surface area contributed by atoms with Gasteiger partial charge in [-0.05, 0) is 146 Å². The van der Waals surface area contributed by atoms with E-state index in [1.807, 2.05) is 0 Å². The molecular weight excluding hydrogens is 1590 g/mol. The van der Waals surface area contributed by atoms with Crippen molar-refractivity contribution in [1.82, 2.24) is 74.4 Å². The summed E-state index contributed by atoms with van der Waals surface area (Å²) in [4.78, 5) is 238. The van der Waals surface area contributed by atoms with Gasteiger partial charge in [0.15, 0.2) is 5.96 Å². The van der Waals surface area contributed by atoms with Crippen molar-refractivity contribution in [3.63, 3.8) is 0 Å². The Kier molecular flexibility index (Phi) is 48.8. The van der Waals surface area contributed by atoms with Gasteiger partial charge in [-0.15, -0.1) is 0 Å². The van der Waals surface area contributed by atoms with Crippen LogP contribution in [-0.4, -0.2) is 245 Å². The largest absolute Gasteiger partial charge is 0.480 e. The van der Waals surface area contributed by atoms with E-state index < -0.39 is 228 Å². The number of hydrogen-bond acceptors (Lipinski definition) is 23. The molecular formula is C79H130N22O19S. The number of thioether (sulfide) groups is 1. The number of amides is 16. The molecule has 17 atom stereocenters. The Bertz CT molecular complexity index is 3790. The number of primary amides is 2. The highest BCUT2D eigenvalue weighted by atomic mass is 32.2. The molecule has 16 amide bonds. The zero-order valence-electron chi connectivity index (χ0n) is 70.9. The first-order valence-electron chi connectivity index (χ1n) is 40.5. The number of hydrogen-bond donors (Lipinski definition) is 23. The summed E-state index contributed by atoms with van der Waals surface area (Å²) in [5.41, 5.74) is 40.3. The van der Waals surface area contributed by atoms with E-state index in [0.29, 0.717) is 30.4 Å². The highest BCUT2D eigenvalue weighted by molar-refractivity contribution is 7.98. The average molecular weight is 1720 g/mol. The van der Waals surface area contributed by atoms with Gasteiger partial charge in [0.2, 0.25) is 94.5 Å². The lowest BCUT2D eigenvalue weighted by atomic mass is 9.96. The van der Waals surface area contributed by atoms with Crippen LogP contribution in [0.2, 0.25) is 0 Å². The maximum atomic E-state index is 14.8. The molecule has 0 radical (unpaired) electrons. The van der Waals surface area contributed by atoms with Gasteiger partial charge in [0.1, 0.15) is 90.6 Å². The Morgan fingerprint density at radius 2 is 0.727 bits per heavy atom. The fraction of sp³-hybridized carbons (Fsp3) is 0.620. The highest BCUT2D eigenvalue weighted by Gasteiger charge is 2.39. The van der Waals surface area contributed by atoms with E-state index in [1.165, 1.54) is 39.5 Å². The predicted octanol–water partition coefficient (Wildman–Crippen LogP) is -5.32. The van der Waals surface area contributed by atoms with Crippen molar-refractivity contribution in [2.75, 3.05) is 31.6 Å². The van der Waals surface area contributed by atoms with Gasteiger partial charge in [-0.25, -0.2) is 4.79 Å². The van der Waals surface area contributed by atoms with Gasteiger partial charge in [0, 0.05) is 25.8 Å². The SMILES string of the molecule is CC[C@H](C)[C@H](NC(=O)[C@H](Cc1ccccc1)NC(=O)[C@@H](NC(=O)[C@H](C)NC(=O)[C@H](CCSC)NC(=O)[C@H](CCC(N)=O)NC(=O)[C@@H](NC(=O)[C@H](C)NC(=O)[C@@H](N)[C@@H](C)O)C(C)C)C(C)C)C(=O)N[C@@H](C)C(=O)N[C@@H](CC(N)=O)C(=O)N[C@@H](Cc1ccccc1)C(=O)N[C@@H](CCCCN)C(=O)N[C@@H](CCCN=C(N)N)C(=O)N[C@@H](CCCCN)C(=O)O. The quantitative estimate of drug-likeness (QED) is 0.0167. The van der Waals surface area contributed by atoms with Crippen molar-refractivity contribution >= 4 is 118 Å². The first-order chi connectivity index (χ1) is 57.0. The Morgan fingerprint density at radius 3 is 1.14 bits per heavy atom. The number of benzene rings is 2. The van der Waals surface area contributed by atoms with Crippen LogP contribution >= 0.6 is 11.8 Å². The topological polar surface area (TPSA) is 694 Å². The van der Waals surface area contributed by atoms with Crippen molar-refractivity contribution in [3.05, 3.63) is 71.8 Å². The minimum absolute atomic E-state index is 0.0240. The summed E-state index contributed by atoms with van der Waals surface area (Å²) in [6, 6.07) is -4.91. The zero-order chi connectivity index (χ0) is 91.3. The number of aliphatic hydroxyl groups excluding tert-OH is 1. The van der Waals surface area contributed by atoms with Crippen LogP contribution in [0.4, 0.5) is 0 Å². The molecule has 0 bridgehead atoms. The summed E-state index contributed by atoms with van der Waals surface area (Å²) in [6.07, 6.45) is 0.154. The summed E-state index contributed by atoms with van der Waals surface area (Å²) in [5, 5.41) is 55.6. The first kappa shape index (κ1) is 106. The number of aliphatic hydroxyl groups is 1. The van der Waals surface area contributed by atoms with Crippen LogP contribution in [0.25, 0.3) is 0 Å². The lowest BCUT2D eigenvalue weighted by molar-refractivity contribution is -0.142. The van der Waals surface area contributed by atoms with Gasteiger partial charge in [0.25, 0.3) is 0 Å². The second-order valence-electron chi connectivity index (χ2n) is 30.5. The molecule has 0 heterocycles. The normalized spacial score (nSPS) is 15.4. The van der Waals surface area contributed by atoms with Gasteiger partial charge in [-0.2, -0.15) is 11.8 Å². The molecule has 2 aromatic rings. The fourth-order valence-corrected chi connectivity index (χ4v) is 12.5. The second-order valence-corrected chi connectivity index (χ2v) is 31.5. The van der Waals surface area contributed by atoms with Crippen molar-refractivity contribution in [2.24, 2.45) is 62.9 Å². The number of rotatable bonds is 58. The van der Waals surface area contributed by atoms with Gasteiger partial charge in [0.05, 0.1) is 12.5 Å². The molecule has 0 aromatic heterocycles. The van der Waals surface area contributed by atoms with E-state index in [1.54, 1.807) is 108 Å². The van der Waals surface area contributed by atoms with E-state index in [4.69, 9.17) is 40.1 Å². The number of carboxylic acids is 1. The summed E-state index contributed by atoms with van der Waals surface area (Å²) in [5.74, 6) is -18.0. The molecule has 0 aliphatic carbocycles. The number of carbonyl (C=O) groups is 17. The van der Waals surface area contributed by atoms with E-state index >= 15 is 0 Å². The van der Waals surface area contributed by atoms with E-state index in [-0.39, 0.29) is 95.6 Å². The Balaban J connectivity index is 2.47. The van der Waals surface area contributed by atoms with E-state index in [9.17, 15) is 91.7 Å². The number of nitrogens with one attached hydrogen (secondary N) is 14. The molecule has 0 aliphatic rings. The predicted molar refractivity (Wildman–Crippen MR) is 452 cm³/mol. The molecule has 0 unspecified atom stereocenters. The molecule has 2 aromatic carbocycles. The van der Waals surface area contributed by atoms with Crippen molar-refractivity contribution in [2.45, 2.75) is 262 Å². The van der Waals surface area contributed by atoms with E-state index in [2.05, 4.69) is 79.4 Å². The minimum Gasteiger partial charge on any atom is -0.480 e. The van der Waals surface area contributed by atoms with Gasteiger partial charge < -0.3 is 125 Å². The third-order valence-corrected chi connectivity index (χ3v) is 20.2. The number of nitrogens with two attached hydrogens (primary N) is 7. The van der Waals surface area contributed by atoms with Crippen molar-refractivity contribution in [3.8, 4) is 0 Å². The third-order valence-electron chi connectivity index (χ3n) is 19.5. The van der Waals surface area contributed by atoms with Gasteiger partial charge in [-0.1, -0.05) is 109 Å². The molecule has 676 valence electrons. The van der Waals surface area contributed by atoms with Crippen LogP contribution in [0, 0.1) is 17.8 Å². The molecule has 121 heavy (non-hydrogen) atoms. The van der Waals surface area contributed by atoms with Crippen LogP contribution in [0.1, 0.15) is 164 Å². The van der Waals surface area contributed by atoms with Gasteiger partial charge in [-0.3, -0.25) is 81.7 Å².